The van der Waals surface area contributed by atoms with E-state index in [1.807, 2.05) is 12.1 Å². The molecule has 0 saturated heterocycles. The summed E-state index contributed by atoms with van der Waals surface area (Å²) in [6, 6.07) is 3.85. The third-order valence-corrected chi connectivity index (χ3v) is 2.39. The van der Waals surface area contributed by atoms with Crippen molar-refractivity contribution in [2.24, 2.45) is 7.05 Å². The lowest BCUT2D eigenvalue weighted by Gasteiger charge is -1.98. The van der Waals surface area contributed by atoms with Gasteiger partial charge in [-0.05, 0) is 18.1 Å². The van der Waals surface area contributed by atoms with Crippen LogP contribution in [-0.4, -0.2) is 20.5 Å². The Balaban J connectivity index is 1.94. The summed E-state index contributed by atoms with van der Waals surface area (Å²) in [6.45, 7) is 0. The number of ketones is 1. The Morgan fingerprint density at radius 2 is 2.31 bits per heavy atom. The SMILES string of the molecule is Cn1cc(C(=O)CCc2cccnc2)cn1. The van der Waals surface area contributed by atoms with Crippen LogP contribution >= 0.6 is 0 Å². The van der Waals surface area contributed by atoms with Crippen molar-refractivity contribution in [1.82, 2.24) is 14.8 Å². The van der Waals surface area contributed by atoms with Gasteiger partial charge in [0.25, 0.3) is 0 Å². The van der Waals surface area contributed by atoms with Crippen molar-refractivity contribution in [2.45, 2.75) is 12.8 Å². The lowest BCUT2D eigenvalue weighted by Crippen LogP contribution is -2.00. The van der Waals surface area contributed by atoms with E-state index in [1.54, 1.807) is 36.5 Å². The molecular weight excluding hydrogens is 202 g/mol. The molecule has 2 aromatic heterocycles. The Hall–Kier alpha value is -1.97. The zero-order valence-electron chi connectivity index (χ0n) is 9.13. The predicted octanol–water partition coefficient (Wildman–Crippen LogP) is 1.63. The highest BCUT2D eigenvalue weighted by Gasteiger charge is 2.07. The van der Waals surface area contributed by atoms with Crippen molar-refractivity contribution >= 4 is 5.78 Å². The number of carbonyl (C=O) groups excluding carboxylic acids is 1. The van der Waals surface area contributed by atoms with Gasteiger partial charge in [0.2, 0.25) is 0 Å². The van der Waals surface area contributed by atoms with Gasteiger partial charge in [0.15, 0.2) is 5.78 Å². The predicted molar refractivity (Wildman–Crippen MR) is 60.1 cm³/mol. The minimum Gasteiger partial charge on any atom is -0.294 e. The van der Waals surface area contributed by atoms with Gasteiger partial charge in [0.05, 0.1) is 11.8 Å². The second-order valence-corrected chi connectivity index (χ2v) is 3.69. The third-order valence-electron chi connectivity index (χ3n) is 2.39. The Kier molecular flexibility index (Phi) is 3.10. The van der Waals surface area contributed by atoms with Crippen molar-refractivity contribution in [3.05, 3.63) is 48.0 Å². The Bertz CT molecular complexity index is 476. The van der Waals surface area contributed by atoms with Gasteiger partial charge in [-0.25, -0.2) is 0 Å². The normalized spacial score (nSPS) is 10.3. The number of nitrogens with zero attached hydrogens (tertiary/aromatic N) is 3. The first-order valence-corrected chi connectivity index (χ1v) is 5.16. The highest BCUT2D eigenvalue weighted by atomic mass is 16.1. The van der Waals surface area contributed by atoms with Crippen LogP contribution < -0.4 is 0 Å². The summed E-state index contributed by atoms with van der Waals surface area (Å²) in [5.74, 6) is 0.122. The fraction of sp³-hybridized carbons (Fsp3) is 0.250. The highest BCUT2D eigenvalue weighted by Crippen LogP contribution is 2.06. The number of aryl methyl sites for hydroxylation is 2. The second kappa shape index (κ2) is 4.70. The van der Waals surface area contributed by atoms with Gasteiger partial charge in [0, 0.05) is 32.1 Å². The molecule has 16 heavy (non-hydrogen) atoms. The molecule has 0 amide bonds. The number of hydrogen-bond donors (Lipinski definition) is 0. The van der Waals surface area contributed by atoms with Crippen molar-refractivity contribution in [2.75, 3.05) is 0 Å². The number of rotatable bonds is 4. The van der Waals surface area contributed by atoms with Crippen LogP contribution in [0.2, 0.25) is 0 Å². The van der Waals surface area contributed by atoms with Crippen molar-refractivity contribution < 1.29 is 4.79 Å². The van der Waals surface area contributed by atoms with Crippen molar-refractivity contribution in [3.63, 3.8) is 0 Å². The molecular formula is C12H13N3O. The molecule has 0 atom stereocenters. The third kappa shape index (κ3) is 2.53. The molecule has 2 heterocycles. The summed E-state index contributed by atoms with van der Waals surface area (Å²) in [6.07, 6.45) is 8.08. The zero-order valence-corrected chi connectivity index (χ0v) is 9.13. The molecule has 4 heteroatoms. The fourth-order valence-corrected chi connectivity index (χ4v) is 1.51. The molecule has 2 aromatic rings. The second-order valence-electron chi connectivity index (χ2n) is 3.69. The van der Waals surface area contributed by atoms with Crippen LogP contribution in [0.1, 0.15) is 22.3 Å². The quantitative estimate of drug-likeness (QED) is 0.728. The monoisotopic (exact) mass is 215 g/mol. The molecule has 82 valence electrons. The largest absolute Gasteiger partial charge is 0.294 e. The lowest BCUT2D eigenvalue weighted by atomic mass is 10.1. The maximum absolute atomic E-state index is 11.8. The molecule has 0 bridgehead atoms. The van der Waals surface area contributed by atoms with E-state index in [2.05, 4.69) is 10.1 Å². The first kappa shape index (κ1) is 10.5. The minimum absolute atomic E-state index is 0.122. The summed E-state index contributed by atoms with van der Waals surface area (Å²) in [4.78, 5) is 15.8. The van der Waals surface area contributed by atoms with Gasteiger partial charge in [0.1, 0.15) is 0 Å². The molecule has 0 radical (unpaired) electrons. The van der Waals surface area contributed by atoms with E-state index in [4.69, 9.17) is 0 Å². The van der Waals surface area contributed by atoms with E-state index in [1.165, 1.54) is 0 Å². The van der Waals surface area contributed by atoms with Gasteiger partial charge in [-0.1, -0.05) is 6.07 Å². The van der Waals surface area contributed by atoms with Crippen LogP contribution in [0.5, 0.6) is 0 Å². The number of aromatic nitrogens is 3. The standard InChI is InChI=1S/C12H13N3O/c1-15-9-11(8-14-15)12(16)5-4-10-3-2-6-13-7-10/h2-3,6-9H,4-5H2,1H3. The van der Waals surface area contributed by atoms with E-state index in [0.717, 1.165) is 12.0 Å². The van der Waals surface area contributed by atoms with Gasteiger partial charge < -0.3 is 0 Å². The van der Waals surface area contributed by atoms with Gasteiger partial charge in [-0.15, -0.1) is 0 Å². The lowest BCUT2D eigenvalue weighted by molar-refractivity contribution is 0.0983. The van der Waals surface area contributed by atoms with Crippen LogP contribution in [0.3, 0.4) is 0 Å². The number of carbonyl (C=O) groups is 1. The van der Waals surface area contributed by atoms with E-state index >= 15 is 0 Å². The first-order chi connectivity index (χ1) is 7.75. The minimum atomic E-state index is 0.122. The average Bonchev–Trinajstić information content (AvgIpc) is 2.74. The van der Waals surface area contributed by atoms with Crippen LogP contribution in [0.25, 0.3) is 0 Å². The summed E-state index contributed by atoms with van der Waals surface area (Å²) in [7, 11) is 1.80. The van der Waals surface area contributed by atoms with Gasteiger partial charge in [-0.2, -0.15) is 5.10 Å². The topological polar surface area (TPSA) is 47.8 Å². The molecule has 0 fully saturated rings. The molecule has 0 aliphatic carbocycles. The summed E-state index contributed by atoms with van der Waals surface area (Å²) in [5, 5.41) is 3.98. The number of hydrogen-bond acceptors (Lipinski definition) is 3. The van der Waals surface area contributed by atoms with Crippen molar-refractivity contribution in [1.29, 1.82) is 0 Å². The molecule has 2 rings (SSSR count). The van der Waals surface area contributed by atoms with Crippen LogP contribution in [0.15, 0.2) is 36.9 Å². The Labute approximate surface area is 93.9 Å². The molecule has 4 nitrogen and oxygen atoms in total. The molecule has 0 saturated carbocycles. The fourth-order valence-electron chi connectivity index (χ4n) is 1.51. The van der Waals surface area contributed by atoms with E-state index < -0.39 is 0 Å². The van der Waals surface area contributed by atoms with Crippen LogP contribution in [-0.2, 0) is 13.5 Å². The molecule has 0 spiro atoms. The summed E-state index contributed by atoms with van der Waals surface area (Å²) < 4.78 is 1.64. The van der Waals surface area contributed by atoms with Crippen molar-refractivity contribution in [3.8, 4) is 0 Å². The average molecular weight is 215 g/mol. The van der Waals surface area contributed by atoms with Crippen LogP contribution in [0, 0.1) is 0 Å². The molecule has 0 N–H and O–H groups in total. The van der Waals surface area contributed by atoms with Crippen LogP contribution in [0.4, 0.5) is 0 Å². The number of Topliss-reactive ketones (excluding diaryl/α,β-unsaturated/α-hetero) is 1. The summed E-state index contributed by atoms with van der Waals surface area (Å²) >= 11 is 0. The van der Waals surface area contributed by atoms with E-state index in [-0.39, 0.29) is 5.78 Å². The number of pyridine rings is 1. The Morgan fingerprint density at radius 3 is 2.94 bits per heavy atom. The zero-order chi connectivity index (χ0) is 11.4. The summed E-state index contributed by atoms with van der Waals surface area (Å²) in [5.41, 5.74) is 1.76. The molecule has 0 aliphatic heterocycles. The molecule has 0 aromatic carbocycles. The molecule has 0 unspecified atom stereocenters. The first-order valence-electron chi connectivity index (χ1n) is 5.16. The maximum atomic E-state index is 11.8. The highest BCUT2D eigenvalue weighted by molar-refractivity contribution is 5.95. The van der Waals surface area contributed by atoms with Gasteiger partial charge >= 0.3 is 0 Å². The van der Waals surface area contributed by atoms with E-state index in [9.17, 15) is 4.79 Å². The smallest absolute Gasteiger partial charge is 0.166 e. The molecule has 0 aliphatic rings. The van der Waals surface area contributed by atoms with Gasteiger partial charge in [-0.3, -0.25) is 14.5 Å². The van der Waals surface area contributed by atoms with E-state index in [0.29, 0.717) is 12.0 Å². The maximum Gasteiger partial charge on any atom is 0.166 e. The Morgan fingerprint density at radius 1 is 1.44 bits per heavy atom.